The summed E-state index contributed by atoms with van der Waals surface area (Å²) in [5.74, 6) is -0.857. The molecule has 0 amide bonds. The summed E-state index contributed by atoms with van der Waals surface area (Å²) in [6.07, 6.45) is 65.9. The van der Waals surface area contributed by atoms with Crippen LogP contribution in [0.5, 0.6) is 0 Å². The Morgan fingerprint density at radius 1 is 0.463 bits per heavy atom. The van der Waals surface area contributed by atoms with Crippen LogP contribution in [0, 0.1) is 0 Å². The number of phosphoric ester groups is 1. The molecule has 0 aliphatic rings. The molecule has 0 rings (SSSR count). The Bertz CT molecular complexity index is 1280. The van der Waals surface area contributed by atoms with Gasteiger partial charge in [-0.25, -0.2) is 4.57 Å². The lowest BCUT2D eigenvalue weighted by Crippen LogP contribution is -2.29. The van der Waals surface area contributed by atoms with Gasteiger partial charge in [-0.3, -0.25) is 18.6 Å². The van der Waals surface area contributed by atoms with Crippen molar-refractivity contribution in [1.82, 2.24) is 0 Å². The number of rotatable bonds is 52. The second-order valence-corrected chi connectivity index (χ2v) is 19.9. The Balaban J connectivity index is 3.84. The molecule has 0 saturated carbocycles. The quantitative estimate of drug-likeness (QED) is 0.0264. The largest absolute Gasteiger partial charge is 0.472 e. The smallest absolute Gasteiger partial charge is 0.462 e. The topological polar surface area (TPSA) is 134 Å². The van der Waals surface area contributed by atoms with Crippen molar-refractivity contribution in [3.63, 3.8) is 0 Å². The molecule has 3 N–H and O–H groups in total. The molecule has 0 aromatic carbocycles. The van der Waals surface area contributed by atoms with Crippen LogP contribution in [0.1, 0.15) is 258 Å². The van der Waals surface area contributed by atoms with Crippen LogP contribution in [0.4, 0.5) is 0 Å². The van der Waals surface area contributed by atoms with Crippen LogP contribution in [-0.2, 0) is 32.7 Å². The summed E-state index contributed by atoms with van der Waals surface area (Å²) < 4.78 is 32.9. The highest BCUT2D eigenvalue weighted by Gasteiger charge is 2.26. The predicted molar refractivity (Wildman–Crippen MR) is 284 cm³/mol. The van der Waals surface area contributed by atoms with Crippen molar-refractivity contribution >= 4 is 19.8 Å². The Kier molecular flexibility index (Phi) is 51.3. The van der Waals surface area contributed by atoms with Crippen molar-refractivity contribution in [2.75, 3.05) is 26.4 Å². The van der Waals surface area contributed by atoms with Crippen LogP contribution in [0.3, 0.4) is 0 Å². The lowest BCUT2D eigenvalue weighted by atomic mass is 10.0. The van der Waals surface area contributed by atoms with E-state index < -0.39 is 26.5 Å². The number of unbranched alkanes of at least 4 members (excludes halogenated alkanes) is 29. The first-order valence-corrected chi connectivity index (χ1v) is 29.3. The Morgan fingerprint density at radius 2 is 0.821 bits per heavy atom. The number of allylic oxidation sites excluding steroid dienone is 10. The molecule has 0 fully saturated rings. The van der Waals surface area contributed by atoms with Gasteiger partial charge in [0.15, 0.2) is 6.10 Å². The van der Waals surface area contributed by atoms with E-state index in [0.29, 0.717) is 6.42 Å². The van der Waals surface area contributed by atoms with Crippen LogP contribution in [0.25, 0.3) is 0 Å². The number of hydrogen-bond donors (Lipinski definition) is 2. The molecular formula is C57H104NO8P. The summed E-state index contributed by atoms with van der Waals surface area (Å²) in [5, 5.41) is 0. The molecule has 390 valence electrons. The van der Waals surface area contributed by atoms with Crippen molar-refractivity contribution in [2.24, 2.45) is 5.73 Å². The van der Waals surface area contributed by atoms with Gasteiger partial charge in [0.05, 0.1) is 13.2 Å². The highest BCUT2D eigenvalue weighted by molar-refractivity contribution is 7.47. The maximum absolute atomic E-state index is 12.6. The van der Waals surface area contributed by atoms with Gasteiger partial charge in [0.2, 0.25) is 0 Å². The molecule has 67 heavy (non-hydrogen) atoms. The van der Waals surface area contributed by atoms with Gasteiger partial charge in [0, 0.05) is 19.4 Å². The molecule has 2 atom stereocenters. The second-order valence-electron chi connectivity index (χ2n) is 18.4. The molecule has 0 aromatic rings. The van der Waals surface area contributed by atoms with E-state index in [1.54, 1.807) is 0 Å². The summed E-state index contributed by atoms with van der Waals surface area (Å²) in [6.45, 7) is 3.59. The molecule has 0 aliphatic carbocycles. The van der Waals surface area contributed by atoms with Gasteiger partial charge in [-0.15, -0.1) is 0 Å². The first-order chi connectivity index (χ1) is 32.8. The van der Waals surface area contributed by atoms with E-state index in [1.807, 2.05) is 0 Å². The Morgan fingerprint density at radius 3 is 1.24 bits per heavy atom. The minimum Gasteiger partial charge on any atom is -0.462 e. The third-order valence-corrected chi connectivity index (χ3v) is 12.9. The molecule has 0 heterocycles. The second kappa shape index (κ2) is 53.1. The molecule has 0 bridgehead atoms. The van der Waals surface area contributed by atoms with Crippen molar-refractivity contribution in [3.05, 3.63) is 60.8 Å². The number of hydrogen-bond acceptors (Lipinski definition) is 8. The van der Waals surface area contributed by atoms with Crippen LogP contribution in [-0.4, -0.2) is 49.3 Å². The molecule has 0 radical (unpaired) electrons. The van der Waals surface area contributed by atoms with E-state index in [0.717, 1.165) is 64.2 Å². The first kappa shape index (κ1) is 64.7. The van der Waals surface area contributed by atoms with E-state index in [9.17, 15) is 19.0 Å². The zero-order chi connectivity index (χ0) is 48.8. The molecule has 2 unspecified atom stereocenters. The van der Waals surface area contributed by atoms with E-state index in [4.69, 9.17) is 24.3 Å². The third kappa shape index (κ3) is 52.9. The van der Waals surface area contributed by atoms with Crippen LogP contribution < -0.4 is 5.73 Å². The van der Waals surface area contributed by atoms with Crippen molar-refractivity contribution in [3.8, 4) is 0 Å². The number of ether oxygens (including phenoxy) is 2. The summed E-state index contributed by atoms with van der Waals surface area (Å²) in [6, 6.07) is 0. The fourth-order valence-corrected chi connectivity index (χ4v) is 8.56. The van der Waals surface area contributed by atoms with Crippen LogP contribution in [0.15, 0.2) is 60.8 Å². The average Bonchev–Trinajstić information content (AvgIpc) is 3.32. The van der Waals surface area contributed by atoms with Crippen LogP contribution in [0.2, 0.25) is 0 Å². The van der Waals surface area contributed by atoms with Crippen molar-refractivity contribution in [2.45, 2.75) is 264 Å². The van der Waals surface area contributed by atoms with E-state index in [2.05, 4.69) is 74.6 Å². The van der Waals surface area contributed by atoms with Crippen molar-refractivity contribution in [1.29, 1.82) is 0 Å². The SMILES string of the molecule is CC/C=C\C/C=C\C/C=C\CCCCCC(=O)OC(COC(=O)CCCCCCCCCCCCCCCCCCCCCCC/C=C\C/C=C\CCCCCCC)COP(=O)(O)OCCN. The van der Waals surface area contributed by atoms with Crippen molar-refractivity contribution < 1.29 is 37.6 Å². The maximum atomic E-state index is 12.6. The van der Waals surface area contributed by atoms with E-state index in [1.165, 1.54) is 161 Å². The summed E-state index contributed by atoms with van der Waals surface area (Å²) in [5.41, 5.74) is 5.36. The Labute approximate surface area is 412 Å². The summed E-state index contributed by atoms with van der Waals surface area (Å²) in [7, 11) is -4.39. The monoisotopic (exact) mass is 962 g/mol. The van der Waals surface area contributed by atoms with Gasteiger partial charge in [-0.1, -0.05) is 229 Å². The van der Waals surface area contributed by atoms with Gasteiger partial charge >= 0.3 is 19.8 Å². The van der Waals surface area contributed by atoms with Crippen LogP contribution >= 0.6 is 7.82 Å². The molecule has 0 spiro atoms. The predicted octanol–water partition coefficient (Wildman–Crippen LogP) is 17.2. The van der Waals surface area contributed by atoms with E-state index in [-0.39, 0.29) is 38.6 Å². The number of carbonyl (C=O) groups is 2. The van der Waals surface area contributed by atoms with Gasteiger partial charge in [0.25, 0.3) is 0 Å². The lowest BCUT2D eigenvalue weighted by molar-refractivity contribution is -0.161. The average molecular weight is 962 g/mol. The molecule has 10 heteroatoms. The molecule has 0 aliphatic heterocycles. The summed E-state index contributed by atoms with van der Waals surface area (Å²) >= 11 is 0. The fraction of sp³-hybridized carbons (Fsp3) is 0.789. The van der Waals surface area contributed by atoms with Gasteiger partial charge in [0.1, 0.15) is 6.61 Å². The van der Waals surface area contributed by atoms with Gasteiger partial charge in [-0.2, -0.15) is 0 Å². The normalized spacial score (nSPS) is 13.6. The highest BCUT2D eigenvalue weighted by atomic mass is 31.2. The molecule has 0 aromatic heterocycles. The minimum absolute atomic E-state index is 0.0475. The number of esters is 2. The van der Waals surface area contributed by atoms with E-state index >= 15 is 0 Å². The highest BCUT2D eigenvalue weighted by Crippen LogP contribution is 2.43. The van der Waals surface area contributed by atoms with Gasteiger partial charge < -0.3 is 20.1 Å². The standard InChI is InChI=1S/C57H104NO8P/c1-3-5-7-9-11-13-15-17-18-19-20-21-22-23-24-25-26-27-28-29-30-31-32-33-34-35-36-38-39-41-43-45-47-49-56(59)63-53-55(54-65-67(61,62)64-52-51-58)66-57(60)50-48-46-44-42-40-37-16-14-12-10-8-6-4-2/h6,8,12,14-15,17,19-20,37,40,55H,3-5,7,9-11,13,16,18,21-36,38-39,41-54,58H2,1-2H3,(H,61,62)/b8-6-,14-12-,17-15-,20-19-,40-37-. The number of phosphoric acid groups is 1. The molecule has 0 saturated heterocycles. The maximum Gasteiger partial charge on any atom is 0.472 e. The lowest BCUT2D eigenvalue weighted by Gasteiger charge is -2.19. The molecular weight excluding hydrogens is 858 g/mol. The Hall–Kier alpha value is -2.29. The third-order valence-electron chi connectivity index (χ3n) is 11.9. The zero-order valence-electron chi connectivity index (χ0n) is 43.4. The number of nitrogens with two attached hydrogens (primary N) is 1. The first-order valence-electron chi connectivity index (χ1n) is 27.8. The zero-order valence-corrected chi connectivity index (χ0v) is 44.3. The number of carbonyl (C=O) groups excluding carboxylic acids is 2. The van der Waals surface area contributed by atoms with Gasteiger partial charge in [-0.05, 0) is 77.0 Å². The minimum atomic E-state index is -4.39. The summed E-state index contributed by atoms with van der Waals surface area (Å²) in [4.78, 5) is 35.0. The fourth-order valence-electron chi connectivity index (χ4n) is 7.80. The molecule has 9 nitrogen and oxygen atoms in total.